The van der Waals surface area contributed by atoms with Crippen LogP contribution in [0.4, 0.5) is 11.4 Å². The molecule has 0 aliphatic rings. The van der Waals surface area contributed by atoms with Gasteiger partial charge in [-0.25, -0.2) is 4.79 Å². The van der Waals surface area contributed by atoms with E-state index in [-0.39, 0.29) is 25.1 Å². The maximum Gasteiger partial charge on any atom is 0.331 e. The van der Waals surface area contributed by atoms with Crippen LogP contribution in [0.15, 0.2) is 18.2 Å². The topological polar surface area (TPSA) is 136 Å². The Morgan fingerprint density at radius 2 is 2.09 bits per heavy atom. The largest absolute Gasteiger partial charge is 0.480 e. The number of benzene rings is 1. The van der Waals surface area contributed by atoms with Crippen molar-refractivity contribution < 1.29 is 19.6 Å². The molecule has 8 heteroatoms. The van der Waals surface area contributed by atoms with Gasteiger partial charge < -0.3 is 16.2 Å². The summed E-state index contributed by atoms with van der Waals surface area (Å²) in [6, 6.07) is 4.67. The van der Waals surface area contributed by atoms with E-state index in [0.717, 1.165) is 12.5 Å². The lowest BCUT2D eigenvalue weighted by molar-refractivity contribution is -0.384. The Labute approximate surface area is 127 Å². The zero-order chi connectivity index (χ0) is 16.9. The van der Waals surface area contributed by atoms with Gasteiger partial charge in [0.05, 0.1) is 4.92 Å². The molecule has 8 nitrogen and oxygen atoms in total. The van der Waals surface area contributed by atoms with E-state index in [2.05, 4.69) is 5.32 Å². The van der Waals surface area contributed by atoms with E-state index in [1.54, 1.807) is 19.1 Å². The fraction of sp³-hybridized carbons (Fsp3) is 0.429. The third-order valence-electron chi connectivity index (χ3n) is 3.42. The van der Waals surface area contributed by atoms with Crippen LogP contribution in [-0.4, -0.2) is 33.9 Å². The Morgan fingerprint density at radius 1 is 1.45 bits per heavy atom. The number of nitro groups is 1. The van der Waals surface area contributed by atoms with Gasteiger partial charge in [-0.05, 0) is 38.3 Å². The Bertz CT molecular complexity index is 586. The highest BCUT2D eigenvalue weighted by molar-refractivity contribution is 6.06. The number of ketones is 1. The van der Waals surface area contributed by atoms with Crippen LogP contribution in [0.5, 0.6) is 0 Å². The highest BCUT2D eigenvalue weighted by Gasteiger charge is 2.38. The van der Waals surface area contributed by atoms with Gasteiger partial charge in [-0.1, -0.05) is 6.07 Å². The predicted molar refractivity (Wildman–Crippen MR) is 80.8 cm³/mol. The van der Waals surface area contributed by atoms with E-state index in [0.29, 0.717) is 5.69 Å². The SMILES string of the molecule is CC(=O)[C@@](N)(CCCNc1cc(C)ccc1[N+](=O)[O-])C(=O)O. The molecule has 0 saturated carbocycles. The van der Waals surface area contributed by atoms with Crippen LogP contribution in [0.2, 0.25) is 0 Å². The molecule has 1 rings (SSSR count). The van der Waals surface area contributed by atoms with Gasteiger partial charge in [0.15, 0.2) is 11.3 Å². The Hall–Kier alpha value is -2.48. The number of nitro benzene ring substituents is 1. The number of nitrogens with two attached hydrogens (primary N) is 1. The molecule has 120 valence electrons. The summed E-state index contributed by atoms with van der Waals surface area (Å²) in [5.41, 5.74) is 4.81. The van der Waals surface area contributed by atoms with Crippen LogP contribution in [0.25, 0.3) is 0 Å². The lowest BCUT2D eigenvalue weighted by atomic mass is 9.90. The first-order chi connectivity index (χ1) is 10.2. The van der Waals surface area contributed by atoms with Gasteiger partial charge in [-0.3, -0.25) is 14.9 Å². The Morgan fingerprint density at radius 3 is 2.59 bits per heavy atom. The third kappa shape index (κ3) is 4.01. The first kappa shape index (κ1) is 17.6. The van der Waals surface area contributed by atoms with E-state index >= 15 is 0 Å². The minimum absolute atomic E-state index is 0.0513. The Balaban J connectivity index is 2.69. The normalized spacial score (nSPS) is 13.2. The molecule has 0 aromatic heterocycles. The van der Waals surface area contributed by atoms with Crippen molar-refractivity contribution >= 4 is 23.1 Å². The number of carboxylic acid groups (broad SMARTS) is 1. The summed E-state index contributed by atoms with van der Waals surface area (Å²) in [6.45, 7) is 3.21. The van der Waals surface area contributed by atoms with E-state index in [1.165, 1.54) is 6.07 Å². The van der Waals surface area contributed by atoms with Crippen LogP contribution in [0.3, 0.4) is 0 Å². The highest BCUT2D eigenvalue weighted by Crippen LogP contribution is 2.25. The van der Waals surface area contributed by atoms with Crippen LogP contribution < -0.4 is 11.1 Å². The average Bonchev–Trinajstić information content (AvgIpc) is 2.42. The molecule has 0 spiro atoms. The molecule has 1 aromatic rings. The summed E-state index contributed by atoms with van der Waals surface area (Å²) in [5.74, 6) is -2.00. The summed E-state index contributed by atoms with van der Waals surface area (Å²) >= 11 is 0. The Kier molecular flexibility index (Phi) is 5.58. The number of aryl methyl sites for hydroxylation is 1. The molecule has 0 heterocycles. The number of carboxylic acids is 1. The van der Waals surface area contributed by atoms with Gasteiger partial charge in [-0.2, -0.15) is 0 Å². The fourth-order valence-corrected chi connectivity index (χ4v) is 1.97. The second-order valence-corrected chi connectivity index (χ2v) is 5.14. The van der Waals surface area contributed by atoms with Gasteiger partial charge in [0.1, 0.15) is 5.69 Å². The van der Waals surface area contributed by atoms with Crippen molar-refractivity contribution in [1.82, 2.24) is 0 Å². The maximum absolute atomic E-state index is 11.3. The first-order valence-corrected chi connectivity index (χ1v) is 6.70. The van der Waals surface area contributed by atoms with Crippen molar-refractivity contribution in [1.29, 1.82) is 0 Å². The van der Waals surface area contributed by atoms with Crippen molar-refractivity contribution in [3.8, 4) is 0 Å². The highest BCUT2D eigenvalue weighted by atomic mass is 16.6. The van der Waals surface area contributed by atoms with Crippen LogP contribution in [0.1, 0.15) is 25.3 Å². The van der Waals surface area contributed by atoms with Gasteiger partial charge in [-0.15, -0.1) is 0 Å². The molecule has 1 aromatic carbocycles. The molecule has 0 saturated heterocycles. The van der Waals surface area contributed by atoms with Crippen LogP contribution >= 0.6 is 0 Å². The number of Topliss-reactive ketones (excluding diaryl/α,β-unsaturated/α-hetero) is 1. The quantitative estimate of drug-likeness (QED) is 0.286. The smallest absolute Gasteiger partial charge is 0.331 e. The van der Waals surface area contributed by atoms with E-state index in [9.17, 15) is 19.7 Å². The van der Waals surface area contributed by atoms with Crippen molar-refractivity contribution in [3.05, 3.63) is 33.9 Å². The lowest BCUT2D eigenvalue weighted by Crippen LogP contribution is -2.54. The predicted octanol–water partition coefficient (Wildman–Crippen LogP) is 1.47. The van der Waals surface area contributed by atoms with Gasteiger partial charge in [0.2, 0.25) is 0 Å². The molecular weight excluding hydrogens is 290 g/mol. The van der Waals surface area contributed by atoms with Crippen molar-refractivity contribution in [3.63, 3.8) is 0 Å². The summed E-state index contributed by atoms with van der Waals surface area (Å²) in [5, 5.41) is 22.8. The number of carbonyl (C=O) groups is 2. The molecule has 0 radical (unpaired) electrons. The van der Waals surface area contributed by atoms with Gasteiger partial charge >= 0.3 is 5.97 Å². The number of aliphatic carboxylic acids is 1. The summed E-state index contributed by atoms with van der Waals surface area (Å²) in [7, 11) is 0. The second kappa shape index (κ2) is 6.99. The maximum atomic E-state index is 11.3. The lowest BCUT2D eigenvalue weighted by Gasteiger charge is -2.21. The van der Waals surface area contributed by atoms with Crippen molar-refractivity contribution in [2.24, 2.45) is 5.73 Å². The zero-order valence-electron chi connectivity index (χ0n) is 12.5. The van der Waals surface area contributed by atoms with E-state index < -0.39 is 22.2 Å². The number of hydrogen-bond acceptors (Lipinski definition) is 6. The van der Waals surface area contributed by atoms with Crippen LogP contribution in [-0.2, 0) is 9.59 Å². The third-order valence-corrected chi connectivity index (χ3v) is 3.42. The van der Waals surface area contributed by atoms with Gasteiger partial charge in [0.25, 0.3) is 5.69 Å². The number of nitrogens with one attached hydrogen (secondary N) is 1. The van der Waals surface area contributed by atoms with Crippen molar-refractivity contribution in [2.45, 2.75) is 32.2 Å². The molecule has 0 aliphatic heterocycles. The molecule has 0 aliphatic carbocycles. The minimum atomic E-state index is -1.92. The van der Waals surface area contributed by atoms with E-state index in [4.69, 9.17) is 10.8 Å². The molecule has 22 heavy (non-hydrogen) atoms. The average molecular weight is 309 g/mol. The minimum Gasteiger partial charge on any atom is -0.480 e. The first-order valence-electron chi connectivity index (χ1n) is 6.70. The fourth-order valence-electron chi connectivity index (χ4n) is 1.97. The summed E-state index contributed by atoms with van der Waals surface area (Å²) < 4.78 is 0. The summed E-state index contributed by atoms with van der Waals surface area (Å²) in [4.78, 5) is 32.8. The molecule has 0 bridgehead atoms. The molecule has 4 N–H and O–H groups in total. The molecule has 0 amide bonds. The number of rotatable bonds is 8. The number of anilines is 1. The molecule has 0 unspecified atom stereocenters. The van der Waals surface area contributed by atoms with E-state index in [1.807, 2.05) is 0 Å². The zero-order valence-corrected chi connectivity index (χ0v) is 12.5. The molecular formula is C14H19N3O5. The monoisotopic (exact) mass is 309 g/mol. The molecule has 1 atom stereocenters. The number of hydrogen-bond donors (Lipinski definition) is 3. The molecule has 0 fully saturated rings. The van der Waals surface area contributed by atoms with Crippen LogP contribution in [0, 0.1) is 17.0 Å². The van der Waals surface area contributed by atoms with Crippen molar-refractivity contribution in [2.75, 3.05) is 11.9 Å². The van der Waals surface area contributed by atoms with Gasteiger partial charge in [0, 0.05) is 12.6 Å². The number of nitrogens with zero attached hydrogens (tertiary/aromatic N) is 1. The second-order valence-electron chi connectivity index (χ2n) is 5.14. The standard InChI is InChI=1S/C14H19N3O5/c1-9-4-5-12(17(21)22)11(8-9)16-7-3-6-14(15,10(2)18)13(19)20/h4-5,8,16H,3,6-7,15H2,1-2H3,(H,19,20)/t14-/m0/s1. The summed E-state index contributed by atoms with van der Waals surface area (Å²) in [6.07, 6.45) is 0.234. The number of carbonyl (C=O) groups excluding carboxylic acids is 1.